The molecule has 2 unspecified atom stereocenters. The molecule has 0 radical (unpaired) electrons. The van der Waals surface area contributed by atoms with E-state index in [4.69, 9.17) is 0 Å². The van der Waals surface area contributed by atoms with Crippen molar-refractivity contribution in [2.45, 2.75) is 25.3 Å². The molecule has 9 heavy (non-hydrogen) atoms. The Morgan fingerprint density at radius 3 is 3.11 bits per heavy atom. The van der Waals surface area contributed by atoms with Crippen LogP contribution in [-0.2, 0) is 0 Å². The summed E-state index contributed by atoms with van der Waals surface area (Å²) < 4.78 is 0. The zero-order chi connectivity index (χ0) is 6.10. The van der Waals surface area contributed by atoms with Crippen LogP contribution < -0.4 is 10.6 Å². The van der Waals surface area contributed by atoms with Gasteiger partial charge in [-0.25, -0.2) is 0 Å². The van der Waals surface area contributed by atoms with E-state index in [1.54, 1.807) is 0 Å². The van der Waals surface area contributed by atoms with Gasteiger partial charge in [-0.15, -0.1) is 0 Å². The first-order chi connectivity index (χ1) is 4.47. The van der Waals surface area contributed by atoms with E-state index < -0.39 is 0 Å². The van der Waals surface area contributed by atoms with Gasteiger partial charge in [0.25, 0.3) is 0 Å². The minimum atomic E-state index is 0.853. The molecule has 0 aromatic heterocycles. The highest BCUT2D eigenvalue weighted by Gasteiger charge is 2.28. The lowest BCUT2D eigenvalue weighted by Crippen LogP contribution is -2.48. The summed E-state index contributed by atoms with van der Waals surface area (Å²) in [6.07, 6.45) is 4.28. The summed E-state index contributed by atoms with van der Waals surface area (Å²) in [4.78, 5) is 0. The standard InChI is InChI=1S/C7H14N2/c1-2-6-4-8-5-9-7(6)3-1/h6-9H,1-5H2. The second-order valence-electron chi connectivity index (χ2n) is 3.13. The first kappa shape index (κ1) is 5.69. The molecule has 1 aliphatic heterocycles. The van der Waals surface area contributed by atoms with Crippen LogP contribution in [0.4, 0.5) is 0 Å². The lowest BCUT2D eigenvalue weighted by atomic mass is 10.0. The molecule has 0 aromatic carbocycles. The Morgan fingerprint density at radius 1 is 1.22 bits per heavy atom. The van der Waals surface area contributed by atoms with Crippen LogP contribution in [0.3, 0.4) is 0 Å². The van der Waals surface area contributed by atoms with Crippen molar-refractivity contribution in [2.24, 2.45) is 5.92 Å². The van der Waals surface area contributed by atoms with Crippen molar-refractivity contribution < 1.29 is 0 Å². The Morgan fingerprint density at radius 2 is 2.22 bits per heavy atom. The van der Waals surface area contributed by atoms with Crippen LogP contribution in [0.2, 0.25) is 0 Å². The van der Waals surface area contributed by atoms with Gasteiger partial charge < -0.3 is 10.6 Å². The average Bonchev–Trinajstić information content (AvgIpc) is 2.33. The minimum absolute atomic E-state index is 0.853. The molecule has 1 heterocycles. The summed E-state index contributed by atoms with van der Waals surface area (Å²) in [5, 5.41) is 6.81. The van der Waals surface area contributed by atoms with Crippen LogP contribution >= 0.6 is 0 Å². The fourth-order valence-corrected chi connectivity index (χ4v) is 2.01. The number of hydrogen-bond acceptors (Lipinski definition) is 2. The zero-order valence-electron chi connectivity index (χ0n) is 5.69. The Balaban J connectivity index is 1.97. The summed E-state index contributed by atoms with van der Waals surface area (Å²) in [7, 11) is 0. The third kappa shape index (κ3) is 0.970. The Bertz CT molecular complexity index is 91.1. The summed E-state index contributed by atoms with van der Waals surface area (Å²) in [6, 6.07) is 0.853. The highest BCUT2D eigenvalue weighted by atomic mass is 15.1. The van der Waals surface area contributed by atoms with Crippen LogP contribution in [-0.4, -0.2) is 19.3 Å². The van der Waals surface area contributed by atoms with Gasteiger partial charge in [-0.2, -0.15) is 0 Å². The molecule has 2 rings (SSSR count). The predicted octanol–water partition coefficient (Wildman–Crippen LogP) is 0.305. The van der Waals surface area contributed by atoms with Crippen LogP contribution in [0, 0.1) is 5.92 Å². The van der Waals surface area contributed by atoms with Gasteiger partial charge >= 0.3 is 0 Å². The quantitative estimate of drug-likeness (QED) is 0.488. The van der Waals surface area contributed by atoms with E-state index in [9.17, 15) is 0 Å². The van der Waals surface area contributed by atoms with Crippen molar-refractivity contribution in [2.75, 3.05) is 13.2 Å². The normalized spacial score (nSPS) is 42.7. The summed E-state index contributed by atoms with van der Waals surface area (Å²) in [6.45, 7) is 2.28. The van der Waals surface area contributed by atoms with E-state index in [1.165, 1.54) is 25.8 Å². The van der Waals surface area contributed by atoms with E-state index in [0.717, 1.165) is 18.6 Å². The second-order valence-corrected chi connectivity index (χ2v) is 3.13. The van der Waals surface area contributed by atoms with Crippen LogP contribution in [0.5, 0.6) is 0 Å². The van der Waals surface area contributed by atoms with E-state index in [0.29, 0.717) is 0 Å². The van der Waals surface area contributed by atoms with Crippen LogP contribution in [0.25, 0.3) is 0 Å². The number of fused-ring (bicyclic) bond motifs is 1. The maximum absolute atomic E-state index is 3.47. The summed E-state index contributed by atoms with van der Waals surface area (Å²) in [5.41, 5.74) is 0. The SMILES string of the molecule is C1CC2CNCNC2C1. The summed E-state index contributed by atoms with van der Waals surface area (Å²) in [5.74, 6) is 0.943. The molecular formula is C7H14N2. The molecule has 2 heteroatoms. The first-order valence-corrected chi connectivity index (χ1v) is 3.91. The van der Waals surface area contributed by atoms with Crippen molar-refractivity contribution in [3.05, 3.63) is 0 Å². The number of nitrogens with one attached hydrogen (secondary N) is 2. The molecule has 0 bridgehead atoms. The van der Waals surface area contributed by atoms with Crippen molar-refractivity contribution in [1.29, 1.82) is 0 Å². The van der Waals surface area contributed by atoms with Crippen molar-refractivity contribution in [3.63, 3.8) is 0 Å². The smallest absolute Gasteiger partial charge is 0.0456 e. The molecule has 1 saturated carbocycles. The fraction of sp³-hybridized carbons (Fsp3) is 1.00. The molecule has 0 spiro atoms. The molecule has 2 N–H and O–H groups in total. The molecule has 1 saturated heterocycles. The Kier molecular flexibility index (Phi) is 1.44. The van der Waals surface area contributed by atoms with Gasteiger partial charge in [0, 0.05) is 19.3 Å². The molecule has 2 nitrogen and oxygen atoms in total. The molecule has 0 amide bonds. The Hall–Kier alpha value is -0.0800. The van der Waals surface area contributed by atoms with Crippen molar-refractivity contribution in [1.82, 2.24) is 10.6 Å². The van der Waals surface area contributed by atoms with E-state index in [1.807, 2.05) is 0 Å². The topological polar surface area (TPSA) is 24.1 Å². The largest absolute Gasteiger partial charge is 0.304 e. The molecule has 2 aliphatic rings. The number of rotatable bonds is 0. The van der Waals surface area contributed by atoms with E-state index in [-0.39, 0.29) is 0 Å². The monoisotopic (exact) mass is 126 g/mol. The maximum Gasteiger partial charge on any atom is 0.0456 e. The van der Waals surface area contributed by atoms with Gasteiger partial charge in [0.2, 0.25) is 0 Å². The van der Waals surface area contributed by atoms with Gasteiger partial charge in [0.1, 0.15) is 0 Å². The second kappa shape index (κ2) is 2.27. The van der Waals surface area contributed by atoms with E-state index in [2.05, 4.69) is 10.6 Å². The lowest BCUT2D eigenvalue weighted by molar-refractivity contribution is 0.315. The van der Waals surface area contributed by atoms with Crippen molar-refractivity contribution >= 4 is 0 Å². The maximum atomic E-state index is 3.47. The van der Waals surface area contributed by atoms with Crippen molar-refractivity contribution in [3.8, 4) is 0 Å². The van der Waals surface area contributed by atoms with Gasteiger partial charge in [-0.3, -0.25) is 0 Å². The van der Waals surface area contributed by atoms with Crippen LogP contribution in [0.1, 0.15) is 19.3 Å². The minimum Gasteiger partial charge on any atom is -0.304 e. The third-order valence-electron chi connectivity index (χ3n) is 2.55. The Labute approximate surface area is 56.0 Å². The number of hydrogen-bond donors (Lipinski definition) is 2. The van der Waals surface area contributed by atoms with E-state index >= 15 is 0 Å². The van der Waals surface area contributed by atoms with Gasteiger partial charge in [0.05, 0.1) is 0 Å². The molecule has 2 fully saturated rings. The first-order valence-electron chi connectivity index (χ1n) is 3.91. The fourth-order valence-electron chi connectivity index (χ4n) is 2.01. The predicted molar refractivity (Wildman–Crippen MR) is 37.1 cm³/mol. The van der Waals surface area contributed by atoms with Gasteiger partial charge in [-0.1, -0.05) is 6.42 Å². The van der Waals surface area contributed by atoms with Gasteiger partial charge in [0.15, 0.2) is 0 Å². The summed E-state index contributed by atoms with van der Waals surface area (Å²) >= 11 is 0. The molecule has 0 aromatic rings. The molecule has 1 aliphatic carbocycles. The lowest BCUT2D eigenvalue weighted by Gasteiger charge is -2.27. The highest BCUT2D eigenvalue weighted by molar-refractivity contribution is 4.86. The van der Waals surface area contributed by atoms with Gasteiger partial charge in [-0.05, 0) is 18.8 Å². The molecule has 52 valence electrons. The average molecular weight is 126 g/mol. The molecular weight excluding hydrogens is 112 g/mol. The van der Waals surface area contributed by atoms with Crippen LogP contribution in [0.15, 0.2) is 0 Å². The molecule has 2 atom stereocenters. The zero-order valence-corrected chi connectivity index (χ0v) is 5.69. The highest BCUT2D eigenvalue weighted by Crippen LogP contribution is 2.25. The third-order valence-corrected chi connectivity index (χ3v) is 2.55.